The first-order valence-electron chi connectivity index (χ1n) is 3.12. The van der Waals surface area contributed by atoms with Crippen molar-refractivity contribution in [2.75, 3.05) is 13.2 Å². The third kappa shape index (κ3) is 23.2. The monoisotopic (exact) mass is 180 g/mol. The summed E-state index contributed by atoms with van der Waals surface area (Å²) in [6.07, 6.45) is 0. The highest BCUT2D eigenvalue weighted by Gasteiger charge is 1.95. The van der Waals surface area contributed by atoms with Gasteiger partial charge in [0, 0.05) is 13.8 Å². The Hall–Kier alpha value is -1.14. The molecule has 0 saturated heterocycles. The maximum atomic E-state index is 9.85. The second-order valence-corrected chi connectivity index (χ2v) is 1.60. The molecule has 0 saturated carbocycles. The van der Waals surface area contributed by atoms with E-state index in [4.69, 9.17) is 10.2 Å². The standard InChI is InChI=1S/C4H6O4.C2H6O2/c1-3(5)7-8-4(2)6;3-1-2-4/h1-2H3;3-4H,1-2H2. The second-order valence-electron chi connectivity index (χ2n) is 1.60. The molecule has 6 nitrogen and oxygen atoms in total. The third-order valence-electron chi connectivity index (χ3n) is 0.376. The van der Waals surface area contributed by atoms with E-state index in [1.807, 2.05) is 0 Å². The molecular formula is C6H12O6. The summed E-state index contributed by atoms with van der Waals surface area (Å²) < 4.78 is 0. The molecule has 0 aliphatic rings. The molecule has 0 heterocycles. The molecule has 0 atom stereocenters. The normalized spacial score (nSPS) is 7.67. The van der Waals surface area contributed by atoms with E-state index >= 15 is 0 Å². The van der Waals surface area contributed by atoms with Crippen LogP contribution in [0.15, 0.2) is 0 Å². The van der Waals surface area contributed by atoms with Crippen LogP contribution in [0, 0.1) is 0 Å². The van der Waals surface area contributed by atoms with E-state index in [1.54, 1.807) is 0 Å². The zero-order chi connectivity index (χ0) is 9.98. The highest BCUT2D eigenvalue weighted by molar-refractivity contribution is 5.69. The van der Waals surface area contributed by atoms with Crippen LogP contribution in [0.3, 0.4) is 0 Å². The smallest absolute Gasteiger partial charge is 0.352 e. The number of aliphatic hydroxyl groups excluding tert-OH is 2. The number of hydrogen-bond acceptors (Lipinski definition) is 6. The predicted octanol–water partition coefficient (Wildman–Crippen LogP) is -1.00. The molecule has 0 aliphatic carbocycles. The fraction of sp³-hybridized carbons (Fsp3) is 0.667. The third-order valence-corrected chi connectivity index (χ3v) is 0.376. The van der Waals surface area contributed by atoms with Crippen molar-refractivity contribution in [3.8, 4) is 0 Å². The van der Waals surface area contributed by atoms with Crippen molar-refractivity contribution in [3.05, 3.63) is 0 Å². The minimum atomic E-state index is -0.639. The van der Waals surface area contributed by atoms with E-state index in [0.29, 0.717) is 0 Å². The fourth-order valence-corrected chi connectivity index (χ4v) is 0.117. The minimum Gasteiger partial charge on any atom is -0.394 e. The van der Waals surface area contributed by atoms with Crippen LogP contribution in [0.1, 0.15) is 13.8 Å². The molecule has 12 heavy (non-hydrogen) atoms. The van der Waals surface area contributed by atoms with Gasteiger partial charge in [-0.1, -0.05) is 0 Å². The molecule has 72 valence electrons. The van der Waals surface area contributed by atoms with Crippen LogP contribution in [0.5, 0.6) is 0 Å². The summed E-state index contributed by atoms with van der Waals surface area (Å²) in [4.78, 5) is 27.3. The quantitative estimate of drug-likeness (QED) is 0.397. The molecule has 0 aliphatic heterocycles. The van der Waals surface area contributed by atoms with Crippen LogP contribution in [0.25, 0.3) is 0 Å². The number of rotatable bonds is 1. The summed E-state index contributed by atoms with van der Waals surface area (Å²) in [5, 5.41) is 15.2. The van der Waals surface area contributed by atoms with Gasteiger partial charge >= 0.3 is 11.9 Å². The molecule has 0 rings (SSSR count). The molecule has 0 aromatic heterocycles. The fourth-order valence-electron chi connectivity index (χ4n) is 0.117. The van der Waals surface area contributed by atoms with E-state index in [-0.39, 0.29) is 13.2 Å². The summed E-state index contributed by atoms with van der Waals surface area (Å²) in [6.45, 7) is 2.03. The van der Waals surface area contributed by atoms with Crippen molar-refractivity contribution in [3.63, 3.8) is 0 Å². The lowest BCUT2D eigenvalue weighted by atomic mass is 10.8. The average molecular weight is 180 g/mol. The molecular weight excluding hydrogens is 168 g/mol. The zero-order valence-electron chi connectivity index (χ0n) is 6.94. The Kier molecular flexibility index (Phi) is 11.1. The molecule has 0 radical (unpaired) electrons. The van der Waals surface area contributed by atoms with E-state index in [0.717, 1.165) is 13.8 Å². The van der Waals surface area contributed by atoms with E-state index < -0.39 is 11.9 Å². The van der Waals surface area contributed by atoms with Gasteiger partial charge in [-0.3, -0.25) is 0 Å². The van der Waals surface area contributed by atoms with Crippen LogP contribution >= 0.6 is 0 Å². The van der Waals surface area contributed by atoms with Crippen molar-refractivity contribution in [1.82, 2.24) is 0 Å². The Bertz CT molecular complexity index is 116. The number of carbonyl (C=O) groups is 2. The van der Waals surface area contributed by atoms with Gasteiger partial charge < -0.3 is 10.2 Å². The molecule has 2 N–H and O–H groups in total. The predicted molar refractivity (Wildman–Crippen MR) is 37.7 cm³/mol. The Morgan fingerprint density at radius 1 is 1.00 bits per heavy atom. The summed E-state index contributed by atoms with van der Waals surface area (Å²) in [7, 11) is 0. The number of aliphatic hydroxyl groups is 2. The number of carbonyl (C=O) groups excluding carboxylic acids is 2. The van der Waals surface area contributed by atoms with E-state index in [2.05, 4.69) is 9.78 Å². The number of hydrogen-bond donors (Lipinski definition) is 2. The molecule has 0 fully saturated rings. The molecule has 6 heteroatoms. The summed E-state index contributed by atoms with van der Waals surface area (Å²) in [5.41, 5.74) is 0. The minimum absolute atomic E-state index is 0.125. The molecule has 0 aromatic carbocycles. The first kappa shape index (κ1) is 13.4. The van der Waals surface area contributed by atoms with E-state index in [9.17, 15) is 9.59 Å². The van der Waals surface area contributed by atoms with Gasteiger partial charge in [0.15, 0.2) is 0 Å². The Labute approximate surface area is 69.6 Å². The van der Waals surface area contributed by atoms with Gasteiger partial charge in [-0.2, -0.15) is 0 Å². The maximum absolute atomic E-state index is 9.85. The summed E-state index contributed by atoms with van der Waals surface area (Å²) >= 11 is 0. The summed E-state index contributed by atoms with van der Waals surface area (Å²) in [6, 6.07) is 0. The van der Waals surface area contributed by atoms with Crippen LogP contribution < -0.4 is 0 Å². The molecule has 0 unspecified atom stereocenters. The molecule has 0 spiro atoms. The van der Waals surface area contributed by atoms with Gasteiger partial charge in [-0.25, -0.2) is 19.4 Å². The Balaban J connectivity index is 0. The van der Waals surface area contributed by atoms with Crippen molar-refractivity contribution >= 4 is 11.9 Å². The molecule has 0 bridgehead atoms. The molecule has 0 aromatic rings. The highest BCUT2D eigenvalue weighted by Crippen LogP contribution is 1.78. The van der Waals surface area contributed by atoms with Crippen LogP contribution in [0.4, 0.5) is 0 Å². The Morgan fingerprint density at radius 3 is 1.33 bits per heavy atom. The first-order valence-corrected chi connectivity index (χ1v) is 3.12. The lowest BCUT2D eigenvalue weighted by Crippen LogP contribution is -2.03. The largest absolute Gasteiger partial charge is 0.394 e. The van der Waals surface area contributed by atoms with Crippen LogP contribution in [-0.4, -0.2) is 35.4 Å². The summed E-state index contributed by atoms with van der Waals surface area (Å²) in [5.74, 6) is -1.28. The molecule has 0 amide bonds. The van der Waals surface area contributed by atoms with Crippen LogP contribution in [0.2, 0.25) is 0 Å². The maximum Gasteiger partial charge on any atom is 0.352 e. The van der Waals surface area contributed by atoms with Gasteiger partial charge in [0.25, 0.3) is 0 Å². The van der Waals surface area contributed by atoms with Gasteiger partial charge in [-0.05, 0) is 0 Å². The van der Waals surface area contributed by atoms with Crippen molar-refractivity contribution in [2.24, 2.45) is 0 Å². The lowest BCUT2D eigenvalue weighted by molar-refractivity contribution is -0.255. The first-order chi connectivity index (χ1) is 5.54. The van der Waals surface area contributed by atoms with Crippen LogP contribution in [-0.2, 0) is 19.4 Å². The van der Waals surface area contributed by atoms with Gasteiger partial charge in [0.1, 0.15) is 0 Å². The van der Waals surface area contributed by atoms with Gasteiger partial charge in [-0.15, -0.1) is 0 Å². The Morgan fingerprint density at radius 2 is 1.25 bits per heavy atom. The van der Waals surface area contributed by atoms with Gasteiger partial charge in [0.05, 0.1) is 13.2 Å². The average Bonchev–Trinajstić information content (AvgIpc) is 2.01. The van der Waals surface area contributed by atoms with Crippen molar-refractivity contribution < 1.29 is 29.6 Å². The lowest BCUT2D eigenvalue weighted by Gasteiger charge is -1.93. The zero-order valence-corrected chi connectivity index (χ0v) is 6.94. The topological polar surface area (TPSA) is 93.1 Å². The van der Waals surface area contributed by atoms with E-state index in [1.165, 1.54) is 0 Å². The SMILES string of the molecule is CC(=O)OOC(C)=O.OCCO. The highest BCUT2D eigenvalue weighted by atomic mass is 17.2. The van der Waals surface area contributed by atoms with Crippen molar-refractivity contribution in [2.45, 2.75) is 13.8 Å². The van der Waals surface area contributed by atoms with Crippen molar-refractivity contribution in [1.29, 1.82) is 0 Å². The van der Waals surface area contributed by atoms with Gasteiger partial charge in [0.2, 0.25) is 0 Å². The second kappa shape index (κ2) is 9.86.